The molecular weight excluding hydrogens is 368 g/mol. The first-order valence-corrected chi connectivity index (χ1v) is 9.93. The number of hydrogen-bond donors (Lipinski definition) is 2. The van der Waals surface area contributed by atoms with Crippen LogP contribution in [-0.2, 0) is 11.3 Å². The molecule has 1 aromatic heterocycles. The highest BCUT2D eigenvalue weighted by Crippen LogP contribution is 2.19. The fourth-order valence-electron chi connectivity index (χ4n) is 3.06. The maximum atomic E-state index is 13.0. The number of nitrogens with two attached hydrogens (primary N) is 1. The number of aromatic nitrogens is 2. The van der Waals surface area contributed by atoms with Gasteiger partial charge in [-0.3, -0.25) is 19.1 Å². The number of H-pyrrole nitrogens is 1. The van der Waals surface area contributed by atoms with Crippen molar-refractivity contribution in [1.29, 1.82) is 0 Å². The Hall–Kier alpha value is -3.09. The molecular formula is C22H30N4O3. The second-order valence-electron chi connectivity index (χ2n) is 7.59. The SMILES string of the molecule is CCCCN(C(=O)/C=C/c1cccc(C)c1)c1c(N)n(CC(C)C)c(=O)[nH]c1=O. The third-order valence-corrected chi connectivity index (χ3v) is 4.49. The lowest BCUT2D eigenvalue weighted by Gasteiger charge is -2.23. The summed E-state index contributed by atoms with van der Waals surface area (Å²) in [6, 6.07) is 7.76. The van der Waals surface area contributed by atoms with Crippen LogP contribution in [0.4, 0.5) is 11.5 Å². The van der Waals surface area contributed by atoms with Gasteiger partial charge in [0.25, 0.3) is 11.5 Å². The fraction of sp³-hybridized carbons (Fsp3) is 0.409. The molecule has 1 amide bonds. The molecule has 0 fully saturated rings. The molecule has 7 heteroatoms. The predicted molar refractivity (Wildman–Crippen MR) is 118 cm³/mol. The molecule has 1 aromatic carbocycles. The van der Waals surface area contributed by atoms with Crippen LogP contribution in [-0.4, -0.2) is 22.0 Å². The average molecular weight is 399 g/mol. The number of anilines is 2. The van der Waals surface area contributed by atoms with E-state index in [9.17, 15) is 14.4 Å². The normalized spacial score (nSPS) is 11.3. The van der Waals surface area contributed by atoms with Crippen molar-refractivity contribution in [1.82, 2.24) is 9.55 Å². The first kappa shape index (κ1) is 22.2. The van der Waals surface area contributed by atoms with Gasteiger partial charge in [-0.25, -0.2) is 4.79 Å². The average Bonchev–Trinajstić information content (AvgIpc) is 2.65. The molecule has 29 heavy (non-hydrogen) atoms. The lowest BCUT2D eigenvalue weighted by molar-refractivity contribution is -0.114. The lowest BCUT2D eigenvalue weighted by atomic mass is 10.1. The van der Waals surface area contributed by atoms with E-state index in [1.54, 1.807) is 6.08 Å². The van der Waals surface area contributed by atoms with Crippen LogP contribution < -0.4 is 21.9 Å². The summed E-state index contributed by atoms with van der Waals surface area (Å²) in [7, 11) is 0. The van der Waals surface area contributed by atoms with Gasteiger partial charge in [-0.2, -0.15) is 0 Å². The smallest absolute Gasteiger partial charge is 0.330 e. The number of carbonyl (C=O) groups excluding carboxylic acids is 1. The molecule has 1 heterocycles. The van der Waals surface area contributed by atoms with Crippen LogP contribution in [0.5, 0.6) is 0 Å². The van der Waals surface area contributed by atoms with E-state index in [0.29, 0.717) is 19.5 Å². The Morgan fingerprint density at radius 1 is 1.31 bits per heavy atom. The minimum atomic E-state index is -0.652. The maximum Gasteiger partial charge on any atom is 0.330 e. The van der Waals surface area contributed by atoms with Gasteiger partial charge in [0, 0.05) is 19.2 Å². The number of rotatable bonds is 8. The Morgan fingerprint density at radius 2 is 2.03 bits per heavy atom. The number of nitrogens with zero attached hydrogens (tertiary/aromatic N) is 2. The number of hydrogen-bond acceptors (Lipinski definition) is 4. The van der Waals surface area contributed by atoms with Gasteiger partial charge in [-0.15, -0.1) is 0 Å². The zero-order valence-corrected chi connectivity index (χ0v) is 17.6. The van der Waals surface area contributed by atoms with E-state index in [0.717, 1.165) is 17.5 Å². The molecule has 2 rings (SSSR count). The lowest BCUT2D eigenvalue weighted by Crippen LogP contribution is -2.41. The standard InChI is InChI=1S/C22H30N4O3/c1-5-6-12-25(18(27)11-10-17-9-7-8-16(4)13-17)19-20(23)26(14-15(2)3)22(29)24-21(19)28/h7-11,13,15H,5-6,12,14,23H2,1-4H3,(H,24,28,29)/b11-10+. The Kier molecular flexibility index (Phi) is 7.59. The zero-order chi connectivity index (χ0) is 21.6. The van der Waals surface area contributed by atoms with Crippen LogP contribution in [0, 0.1) is 12.8 Å². The van der Waals surface area contributed by atoms with E-state index in [1.807, 2.05) is 52.0 Å². The van der Waals surface area contributed by atoms with Crippen molar-refractivity contribution < 1.29 is 4.79 Å². The number of amides is 1. The van der Waals surface area contributed by atoms with Crippen molar-refractivity contribution >= 4 is 23.5 Å². The van der Waals surface area contributed by atoms with E-state index in [1.165, 1.54) is 15.5 Å². The zero-order valence-electron chi connectivity index (χ0n) is 17.6. The number of carbonyl (C=O) groups is 1. The third kappa shape index (κ3) is 5.70. The second-order valence-corrected chi connectivity index (χ2v) is 7.59. The summed E-state index contributed by atoms with van der Waals surface area (Å²) >= 11 is 0. The van der Waals surface area contributed by atoms with Gasteiger partial charge in [-0.05, 0) is 30.9 Å². The van der Waals surface area contributed by atoms with Crippen LogP contribution >= 0.6 is 0 Å². The van der Waals surface area contributed by atoms with E-state index in [-0.39, 0.29) is 23.3 Å². The molecule has 0 unspecified atom stereocenters. The predicted octanol–water partition coefficient (Wildman–Crippen LogP) is 2.93. The summed E-state index contributed by atoms with van der Waals surface area (Å²) in [5, 5.41) is 0. The van der Waals surface area contributed by atoms with Crippen molar-refractivity contribution in [3.8, 4) is 0 Å². The summed E-state index contributed by atoms with van der Waals surface area (Å²) < 4.78 is 1.32. The van der Waals surface area contributed by atoms with Crippen molar-refractivity contribution in [3.05, 3.63) is 62.3 Å². The highest BCUT2D eigenvalue weighted by atomic mass is 16.2. The fourth-order valence-corrected chi connectivity index (χ4v) is 3.06. The molecule has 0 radical (unpaired) electrons. The molecule has 0 bridgehead atoms. The largest absolute Gasteiger partial charge is 0.383 e. The molecule has 7 nitrogen and oxygen atoms in total. The van der Waals surface area contributed by atoms with E-state index >= 15 is 0 Å². The van der Waals surface area contributed by atoms with Gasteiger partial charge >= 0.3 is 5.69 Å². The Morgan fingerprint density at radius 3 is 2.66 bits per heavy atom. The Balaban J connectivity index is 2.47. The first-order chi connectivity index (χ1) is 13.7. The first-order valence-electron chi connectivity index (χ1n) is 9.93. The summed E-state index contributed by atoms with van der Waals surface area (Å²) in [4.78, 5) is 41.4. The molecule has 0 aliphatic carbocycles. The highest BCUT2D eigenvalue weighted by Gasteiger charge is 2.22. The van der Waals surface area contributed by atoms with Gasteiger partial charge < -0.3 is 10.6 Å². The molecule has 0 spiro atoms. The Labute approximate surface area is 170 Å². The number of aromatic amines is 1. The summed E-state index contributed by atoms with van der Waals surface area (Å²) in [5.41, 5.74) is 6.98. The van der Waals surface area contributed by atoms with Crippen LogP contribution in [0.1, 0.15) is 44.7 Å². The molecule has 0 aliphatic rings. The molecule has 0 aliphatic heterocycles. The quantitative estimate of drug-likeness (QED) is 0.668. The monoisotopic (exact) mass is 398 g/mol. The minimum absolute atomic E-state index is 0.0147. The van der Waals surface area contributed by atoms with Crippen LogP contribution in [0.2, 0.25) is 0 Å². The van der Waals surface area contributed by atoms with Gasteiger partial charge in [0.15, 0.2) is 5.69 Å². The maximum absolute atomic E-state index is 13.0. The minimum Gasteiger partial charge on any atom is -0.383 e. The van der Waals surface area contributed by atoms with Crippen molar-refractivity contribution in [2.24, 2.45) is 5.92 Å². The number of nitrogens with one attached hydrogen (secondary N) is 1. The van der Waals surface area contributed by atoms with Gasteiger partial charge in [0.05, 0.1) is 0 Å². The van der Waals surface area contributed by atoms with Gasteiger partial charge in [-0.1, -0.05) is 57.0 Å². The summed E-state index contributed by atoms with van der Waals surface area (Å²) in [5.74, 6) is -0.192. The van der Waals surface area contributed by atoms with Crippen molar-refractivity contribution in [3.63, 3.8) is 0 Å². The molecule has 2 aromatic rings. The topological polar surface area (TPSA) is 101 Å². The Bertz CT molecular complexity index is 1000. The number of benzene rings is 1. The van der Waals surface area contributed by atoms with E-state index < -0.39 is 11.2 Å². The van der Waals surface area contributed by atoms with Gasteiger partial charge in [0.1, 0.15) is 5.82 Å². The van der Waals surface area contributed by atoms with Crippen molar-refractivity contribution in [2.45, 2.75) is 47.1 Å². The van der Waals surface area contributed by atoms with Crippen molar-refractivity contribution in [2.75, 3.05) is 17.2 Å². The van der Waals surface area contributed by atoms with Gasteiger partial charge in [0.2, 0.25) is 0 Å². The summed E-state index contributed by atoms with van der Waals surface area (Å²) in [6.07, 6.45) is 4.69. The van der Waals surface area contributed by atoms with E-state index in [2.05, 4.69) is 4.98 Å². The molecule has 3 N–H and O–H groups in total. The molecule has 0 atom stereocenters. The summed E-state index contributed by atoms with van der Waals surface area (Å²) in [6.45, 7) is 8.55. The molecule has 156 valence electrons. The second kappa shape index (κ2) is 9.91. The molecule has 0 saturated heterocycles. The van der Waals surface area contributed by atoms with E-state index in [4.69, 9.17) is 5.73 Å². The number of nitrogen functional groups attached to an aromatic ring is 1. The van der Waals surface area contributed by atoms with Crippen LogP contribution in [0.3, 0.4) is 0 Å². The molecule has 0 saturated carbocycles. The highest BCUT2D eigenvalue weighted by molar-refractivity contribution is 6.05. The number of aryl methyl sites for hydroxylation is 1. The number of unbranched alkanes of at least 4 members (excludes halogenated alkanes) is 1. The van der Waals surface area contributed by atoms with Crippen LogP contribution in [0.25, 0.3) is 6.08 Å². The van der Waals surface area contributed by atoms with Crippen LogP contribution in [0.15, 0.2) is 39.9 Å². The third-order valence-electron chi connectivity index (χ3n) is 4.49.